The van der Waals surface area contributed by atoms with Gasteiger partial charge in [-0.1, -0.05) is 45.2 Å². The van der Waals surface area contributed by atoms with Crippen LogP contribution in [0.5, 0.6) is 0 Å². The Balaban J connectivity index is 1.72. The summed E-state index contributed by atoms with van der Waals surface area (Å²) in [5, 5.41) is 12.3. The summed E-state index contributed by atoms with van der Waals surface area (Å²) in [6, 6.07) is 13.3. The molecule has 2 heterocycles. The minimum atomic E-state index is -2.02. The van der Waals surface area contributed by atoms with Crippen LogP contribution in [0.15, 0.2) is 57.4 Å². The van der Waals surface area contributed by atoms with E-state index in [1.54, 1.807) is 49.4 Å². The Morgan fingerprint density at radius 1 is 1.17 bits per heavy atom. The zero-order valence-corrected chi connectivity index (χ0v) is 18.9. The van der Waals surface area contributed by atoms with E-state index in [2.05, 4.69) is 15.9 Å². The lowest BCUT2D eigenvalue weighted by atomic mass is 9.89. The van der Waals surface area contributed by atoms with Gasteiger partial charge in [0.15, 0.2) is 11.4 Å². The average molecular weight is 509 g/mol. The van der Waals surface area contributed by atoms with Gasteiger partial charge in [0.05, 0.1) is 18.7 Å². The van der Waals surface area contributed by atoms with Crippen molar-refractivity contribution in [1.29, 1.82) is 0 Å². The van der Waals surface area contributed by atoms with E-state index in [1.165, 1.54) is 11.0 Å². The Labute approximate surface area is 191 Å². The molecule has 1 aliphatic heterocycles. The molecule has 4 rings (SSSR count). The number of ketones is 1. The van der Waals surface area contributed by atoms with E-state index in [0.717, 1.165) is 0 Å². The maximum Gasteiger partial charge on any atom is 0.264 e. The molecule has 154 valence electrons. The van der Waals surface area contributed by atoms with E-state index in [9.17, 15) is 14.7 Å². The number of hydrogen-bond donors (Lipinski definition) is 1. The number of amides is 1. The number of Topliss-reactive ketones (excluding diaryl/α,β-unsaturated/α-hetero) is 1. The second-order valence-corrected chi connectivity index (χ2v) is 8.92. The maximum absolute atomic E-state index is 13.4. The molecule has 3 aromatic rings. The smallest absolute Gasteiger partial charge is 0.264 e. The van der Waals surface area contributed by atoms with Crippen LogP contribution in [-0.2, 0) is 16.9 Å². The number of carbonyl (C=O) groups is 2. The van der Waals surface area contributed by atoms with Crippen molar-refractivity contribution in [2.24, 2.45) is 0 Å². The molecule has 1 aliphatic rings. The van der Waals surface area contributed by atoms with Gasteiger partial charge >= 0.3 is 0 Å². The minimum Gasteiger partial charge on any atom is -0.458 e. The minimum absolute atomic E-state index is 0.101. The third-order valence-corrected chi connectivity index (χ3v) is 6.15. The Kier molecular flexibility index (Phi) is 5.53. The molecule has 0 saturated carbocycles. The lowest BCUT2D eigenvalue weighted by molar-refractivity contribution is -0.136. The normalized spacial score (nSPS) is 18.0. The van der Waals surface area contributed by atoms with Crippen molar-refractivity contribution >= 4 is 56.5 Å². The monoisotopic (exact) mass is 507 g/mol. The summed E-state index contributed by atoms with van der Waals surface area (Å²) in [6.45, 7) is 1.84. The maximum atomic E-state index is 13.4. The van der Waals surface area contributed by atoms with Gasteiger partial charge in [-0.25, -0.2) is 0 Å². The first kappa shape index (κ1) is 21.1. The van der Waals surface area contributed by atoms with Gasteiger partial charge in [-0.2, -0.15) is 0 Å². The Morgan fingerprint density at radius 3 is 2.60 bits per heavy atom. The van der Waals surface area contributed by atoms with Crippen LogP contribution in [0.4, 0.5) is 5.69 Å². The van der Waals surface area contributed by atoms with Gasteiger partial charge < -0.3 is 14.4 Å². The van der Waals surface area contributed by atoms with Crippen LogP contribution >= 0.6 is 39.1 Å². The number of benzene rings is 2. The third kappa shape index (κ3) is 3.69. The zero-order valence-electron chi connectivity index (χ0n) is 15.8. The van der Waals surface area contributed by atoms with Crippen molar-refractivity contribution in [1.82, 2.24) is 0 Å². The van der Waals surface area contributed by atoms with Gasteiger partial charge in [-0.15, -0.1) is 0 Å². The summed E-state index contributed by atoms with van der Waals surface area (Å²) in [4.78, 5) is 27.5. The number of furan rings is 1. The summed E-state index contributed by atoms with van der Waals surface area (Å²) in [7, 11) is 0. The van der Waals surface area contributed by atoms with Crippen LogP contribution < -0.4 is 4.90 Å². The third-order valence-electron chi connectivity index (χ3n) is 5.07. The molecule has 2 aromatic carbocycles. The molecule has 5 nitrogen and oxygen atoms in total. The summed E-state index contributed by atoms with van der Waals surface area (Å²) in [6.07, 6.45) is -0.437. The van der Waals surface area contributed by atoms with Crippen LogP contribution in [0.25, 0.3) is 0 Å². The fourth-order valence-corrected chi connectivity index (χ4v) is 4.40. The number of nitrogens with zero attached hydrogens (tertiary/aromatic N) is 1. The van der Waals surface area contributed by atoms with Crippen molar-refractivity contribution in [3.8, 4) is 0 Å². The summed E-state index contributed by atoms with van der Waals surface area (Å²) >= 11 is 15.6. The molecule has 0 bridgehead atoms. The van der Waals surface area contributed by atoms with Gasteiger partial charge in [0.1, 0.15) is 5.76 Å². The number of aryl methyl sites for hydroxylation is 1. The fourth-order valence-electron chi connectivity index (χ4n) is 3.57. The molecule has 8 heteroatoms. The predicted molar refractivity (Wildman–Crippen MR) is 118 cm³/mol. The highest BCUT2D eigenvalue weighted by molar-refractivity contribution is 9.10. The van der Waals surface area contributed by atoms with Gasteiger partial charge in [0, 0.05) is 20.1 Å². The molecule has 30 heavy (non-hydrogen) atoms. The lowest BCUT2D eigenvalue weighted by Crippen LogP contribution is -2.41. The molecule has 0 spiro atoms. The van der Waals surface area contributed by atoms with Crippen molar-refractivity contribution in [2.75, 3.05) is 4.90 Å². The predicted octanol–water partition coefficient (Wildman–Crippen LogP) is 5.66. The fraction of sp³-hybridized carbons (Fsp3) is 0.182. The Bertz CT molecular complexity index is 1180. The van der Waals surface area contributed by atoms with Gasteiger partial charge in [-0.3, -0.25) is 9.59 Å². The number of halogens is 3. The van der Waals surface area contributed by atoms with Crippen molar-refractivity contribution in [3.05, 3.63) is 85.7 Å². The van der Waals surface area contributed by atoms with Crippen molar-refractivity contribution in [3.63, 3.8) is 0 Å². The van der Waals surface area contributed by atoms with Crippen molar-refractivity contribution in [2.45, 2.75) is 25.5 Å². The molecule has 1 N–H and O–H groups in total. The standard InChI is InChI=1S/C22H16BrCl2NO4/c1-12-2-7-20(30-12)19(27)10-22(29)16-8-14(23)4-6-18(16)26(21(22)28)11-13-3-5-15(24)9-17(13)25/h2-9,29H,10-11H2,1H3. The molecule has 0 saturated heterocycles. The highest BCUT2D eigenvalue weighted by Crippen LogP contribution is 2.45. The number of anilines is 1. The van der Waals surface area contributed by atoms with Crippen LogP contribution in [0.2, 0.25) is 10.0 Å². The highest BCUT2D eigenvalue weighted by atomic mass is 79.9. The van der Waals surface area contributed by atoms with Gasteiger partial charge in [0.25, 0.3) is 5.91 Å². The van der Waals surface area contributed by atoms with Crippen molar-refractivity contribution < 1.29 is 19.1 Å². The summed E-state index contributed by atoms with van der Waals surface area (Å²) < 4.78 is 6.05. The first-order valence-electron chi connectivity index (χ1n) is 9.07. The highest BCUT2D eigenvalue weighted by Gasteiger charge is 2.51. The number of fused-ring (bicyclic) bond motifs is 1. The molecule has 1 unspecified atom stereocenters. The molecular formula is C22H16BrCl2NO4. The van der Waals surface area contributed by atoms with E-state index in [-0.39, 0.29) is 12.3 Å². The second kappa shape index (κ2) is 7.85. The van der Waals surface area contributed by atoms with Crippen LogP contribution in [-0.4, -0.2) is 16.8 Å². The van der Waals surface area contributed by atoms with Crippen LogP contribution in [0.3, 0.4) is 0 Å². The molecule has 0 radical (unpaired) electrons. The van der Waals surface area contributed by atoms with E-state index in [1.807, 2.05) is 0 Å². The van der Waals surface area contributed by atoms with Gasteiger partial charge in [0.2, 0.25) is 5.78 Å². The second-order valence-electron chi connectivity index (χ2n) is 7.16. The molecule has 0 fully saturated rings. The summed E-state index contributed by atoms with van der Waals surface area (Å²) in [5.74, 6) is -0.385. The van der Waals surface area contributed by atoms with Gasteiger partial charge in [-0.05, 0) is 55.0 Å². The largest absolute Gasteiger partial charge is 0.458 e. The van der Waals surface area contributed by atoms with E-state index >= 15 is 0 Å². The molecule has 0 aliphatic carbocycles. The Hall–Kier alpha value is -2.12. The first-order chi connectivity index (χ1) is 14.2. The number of aliphatic hydroxyl groups is 1. The number of carbonyl (C=O) groups excluding carboxylic acids is 2. The first-order valence-corrected chi connectivity index (χ1v) is 10.6. The van der Waals surface area contributed by atoms with E-state index < -0.39 is 23.7 Å². The molecule has 1 atom stereocenters. The van der Waals surface area contributed by atoms with E-state index in [0.29, 0.717) is 37.1 Å². The molecular weight excluding hydrogens is 493 g/mol. The number of hydrogen-bond acceptors (Lipinski definition) is 4. The topological polar surface area (TPSA) is 70.8 Å². The number of rotatable bonds is 5. The van der Waals surface area contributed by atoms with Crippen LogP contribution in [0, 0.1) is 6.92 Å². The zero-order chi connectivity index (χ0) is 21.6. The molecule has 1 amide bonds. The summed E-state index contributed by atoms with van der Waals surface area (Å²) in [5.41, 5.74) is -0.486. The molecule has 1 aromatic heterocycles. The quantitative estimate of drug-likeness (QED) is 0.451. The average Bonchev–Trinajstić information content (AvgIpc) is 3.20. The SMILES string of the molecule is Cc1ccc(C(=O)CC2(O)C(=O)N(Cc3ccc(Cl)cc3Cl)c3ccc(Br)cc32)o1. The lowest BCUT2D eigenvalue weighted by Gasteiger charge is -2.23. The van der Waals surface area contributed by atoms with Crippen LogP contribution in [0.1, 0.15) is 33.9 Å². The van der Waals surface area contributed by atoms with E-state index in [4.69, 9.17) is 27.6 Å². The Morgan fingerprint density at radius 2 is 1.93 bits per heavy atom.